The minimum atomic E-state index is -0.270. The number of hydrogen-bond donors (Lipinski definition) is 2. The summed E-state index contributed by atoms with van der Waals surface area (Å²) in [5.41, 5.74) is 0.941. The van der Waals surface area contributed by atoms with E-state index in [1.54, 1.807) is 27.8 Å². The minimum Gasteiger partial charge on any atom is -0.338 e. The van der Waals surface area contributed by atoms with Crippen LogP contribution in [0.1, 0.15) is 60.9 Å². The van der Waals surface area contributed by atoms with Gasteiger partial charge in [-0.2, -0.15) is 0 Å². The Morgan fingerprint density at radius 1 is 0.844 bits per heavy atom. The molecule has 0 atom stereocenters. The van der Waals surface area contributed by atoms with E-state index >= 15 is 0 Å². The summed E-state index contributed by atoms with van der Waals surface area (Å²) in [4.78, 5) is 40.0. The predicted octanol–water partition coefficient (Wildman–Crippen LogP) is 3.13. The molecule has 2 fully saturated rings. The molecule has 1 aliphatic heterocycles. The minimum absolute atomic E-state index is 0.0492. The quantitative estimate of drug-likeness (QED) is 0.755. The first-order valence-corrected chi connectivity index (χ1v) is 11.7. The van der Waals surface area contributed by atoms with Gasteiger partial charge in [0.25, 0.3) is 11.5 Å². The summed E-state index contributed by atoms with van der Waals surface area (Å²) in [6.07, 6.45) is 8.82. The molecule has 1 saturated carbocycles. The first-order valence-electron chi connectivity index (χ1n) is 11.7. The molecule has 1 saturated heterocycles. The number of hydrogen-bond acceptors (Lipinski definition) is 3. The van der Waals surface area contributed by atoms with Crippen LogP contribution in [0.4, 0.5) is 4.79 Å². The van der Waals surface area contributed by atoms with Gasteiger partial charge in [-0.05, 0) is 43.4 Å². The SMILES string of the molecule is O=C(NC1CCCCC1)NC1CCN(C(=O)c2cccn(Cc3ccccc3)c2=O)CC1. The molecule has 7 heteroatoms. The zero-order valence-electron chi connectivity index (χ0n) is 18.5. The van der Waals surface area contributed by atoms with Gasteiger partial charge in [0.05, 0.1) is 6.54 Å². The van der Waals surface area contributed by atoms with Gasteiger partial charge in [0.1, 0.15) is 5.56 Å². The van der Waals surface area contributed by atoms with Gasteiger partial charge in [-0.25, -0.2) is 4.79 Å². The molecule has 0 radical (unpaired) electrons. The molecule has 2 aliphatic rings. The number of carbonyl (C=O) groups is 2. The van der Waals surface area contributed by atoms with E-state index in [4.69, 9.17) is 0 Å². The van der Waals surface area contributed by atoms with Crippen molar-refractivity contribution in [1.82, 2.24) is 20.1 Å². The first kappa shape index (κ1) is 22.1. The monoisotopic (exact) mass is 436 g/mol. The van der Waals surface area contributed by atoms with Crippen molar-refractivity contribution >= 4 is 11.9 Å². The Morgan fingerprint density at radius 2 is 1.50 bits per heavy atom. The second-order valence-electron chi connectivity index (χ2n) is 8.86. The second kappa shape index (κ2) is 10.5. The normalized spacial score (nSPS) is 17.7. The smallest absolute Gasteiger partial charge is 0.315 e. The molecule has 2 N–H and O–H groups in total. The summed E-state index contributed by atoms with van der Waals surface area (Å²) in [6, 6.07) is 13.3. The molecular weight excluding hydrogens is 404 g/mol. The molecule has 1 aromatic heterocycles. The Balaban J connectivity index is 1.31. The van der Waals surface area contributed by atoms with Crippen LogP contribution in [0.2, 0.25) is 0 Å². The van der Waals surface area contributed by atoms with Crippen LogP contribution in [-0.2, 0) is 6.54 Å². The summed E-state index contributed by atoms with van der Waals surface area (Å²) >= 11 is 0. The van der Waals surface area contributed by atoms with Gasteiger partial charge in [-0.15, -0.1) is 0 Å². The Bertz CT molecular complexity index is 974. The standard InChI is InChI=1S/C25H32N4O3/c30-23(22-12-7-15-29(24(22)31)18-19-8-3-1-4-9-19)28-16-13-21(14-17-28)27-25(32)26-20-10-5-2-6-11-20/h1,3-4,7-9,12,15,20-21H,2,5-6,10-11,13-14,16-18H2,(H2,26,27,32). The van der Waals surface area contributed by atoms with Crippen molar-refractivity contribution < 1.29 is 9.59 Å². The highest BCUT2D eigenvalue weighted by molar-refractivity contribution is 5.93. The van der Waals surface area contributed by atoms with Crippen LogP contribution in [0.3, 0.4) is 0 Å². The van der Waals surface area contributed by atoms with Gasteiger partial charge in [-0.1, -0.05) is 49.6 Å². The van der Waals surface area contributed by atoms with Gasteiger partial charge in [0, 0.05) is 31.4 Å². The molecule has 0 spiro atoms. The van der Waals surface area contributed by atoms with Crippen LogP contribution in [0.15, 0.2) is 53.5 Å². The maximum absolute atomic E-state index is 13.0. The van der Waals surface area contributed by atoms with E-state index in [0.29, 0.717) is 32.5 Å². The lowest BCUT2D eigenvalue weighted by atomic mass is 9.96. The number of rotatable bonds is 5. The summed E-state index contributed by atoms with van der Waals surface area (Å²) in [6.45, 7) is 1.49. The third-order valence-corrected chi connectivity index (χ3v) is 6.50. The van der Waals surface area contributed by atoms with Crippen molar-refractivity contribution in [3.05, 3.63) is 70.1 Å². The molecule has 2 heterocycles. The highest BCUT2D eigenvalue weighted by Gasteiger charge is 2.27. The van der Waals surface area contributed by atoms with Crippen molar-refractivity contribution in [2.75, 3.05) is 13.1 Å². The molecular formula is C25H32N4O3. The number of aromatic nitrogens is 1. The maximum atomic E-state index is 13.0. The van der Waals surface area contributed by atoms with Crippen molar-refractivity contribution in [2.24, 2.45) is 0 Å². The number of nitrogens with zero attached hydrogens (tertiary/aromatic N) is 2. The number of piperidine rings is 1. The van der Waals surface area contributed by atoms with Crippen LogP contribution in [0, 0.1) is 0 Å². The lowest BCUT2D eigenvalue weighted by Gasteiger charge is -2.33. The fourth-order valence-corrected chi connectivity index (χ4v) is 4.66. The van der Waals surface area contributed by atoms with Crippen LogP contribution >= 0.6 is 0 Å². The Hall–Kier alpha value is -3.09. The average Bonchev–Trinajstić information content (AvgIpc) is 2.82. The number of urea groups is 1. The lowest BCUT2D eigenvalue weighted by molar-refractivity contribution is 0.0705. The second-order valence-corrected chi connectivity index (χ2v) is 8.86. The lowest BCUT2D eigenvalue weighted by Crippen LogP contribution is -2.51. The van der Waals surface area contributed by atoms with Gasteiger partial charge in [0.2, 0.25) is 0 Å². The summed E-state index contributed by atoms with van der Waals surface area (Å²) in [5.74, 6) is -0.234. The number of benzene rings is 1. The zero-order chi connectivity index (χ0) is 22.3. The van der Waals surface area contributed by atoms with Gasteiger partial charge in [0.15, 0.2) is 0 Å². The number of amides is 3. The molecule has 0 unspecified atom stereocenters. The molecule has 170 valence electrons. The maximum Gasteiger partial charge on any atom is 0.315 e. The number of nitrogens with one attached hydrogen (secondary N) is 2. The van der Waals surface area contributed by atoms with E-state index in [1.165, 1.54) is 19.3 Å². The van der Waals surface area contributed by atoms with Crippen molar-refractivity contribution in [3.8, 4) is 0 Å². The predicted molar refractivity (Wildman–Crippen MR) is 124 cm³/mol. The van der Waals surface area contributed by atoms with E-state index in [-0.39, 0.29) is 35.1 Å². The molecule has 2 aromatic rings. The summed E-state index contributed by atoms with van der Waals surface area (Å²) in [7, 11) is 0. The van der Waals surface area contributed by atoms with Crippen molar-refractivity contribution in [3.63, 3.8) is 0 Å². The molecule has 32 heavy (non-hydrogen) atoms. The molecule has 1 aromatic carbocycles. The number of carbonyl (C=O) groups excluding carboxylic acids is 2. The Kier molecular flexibility index (Phi) is 7.24. The highest BCUT2D eigenvalue weighted by Crippen LogP contribution is 2.18. The third-order valence-electron chi connectivity index (χ3n) is 6.50. The summed E-state index contributed by atoms with van der Waals surface area (Å²) < 4.78 is 1.58. The van der Waals surface area contributed by atoms with E-state index < -0.39 is 0 Å². The number of likely N-dealkylation sites (tertiary alicyclic amines) is 1. The molecule has 7 nitrogen and oxygen atoms in total. The third kappa shape index (κ3) is 5.58. The molecule has 3 amide bonds. The van der Waals surface area contributed by atoms with Gasteiger partial charge < -0.3 is 20.1 Å². The van der Waals surface area contributed by atoms with Crippen LogP contribution in [0.25, 0.3) is 0 Å². The van der Waals surface area contributed by atoms with Gasteiger partial charge >= 0.3 is 6.03 Å². The van der Waals surface area contributed by atoms with E-state index in [2.05, 4.69) is 10.6 Å². The first-order chi connectivity index (χ1) is 15.6. The van der Waals surface area contributed by atoms with E-state index in [1.807, 2.05) is 30.3 Å². The highest BCUT2D eigenvalue weighted by atomic mass is 16.2. The zero-order valence-corrected chi connectivity index (χ0v) is 18.5. The Labute approximate surface area is 188 Å². The molecule has 4 rings (SSSR count). The fraction of sp³-hybridized carbons (Fsp3) is 0.480. The van der Waals surface area contributed by atoms with Crippen LogP contribution < -0.4 is 16.2 Å². The number of pyridine rings is 1. The average molecular weight is 437 g/mol. The Morgan fingerprint density at radius 3 is 2.19 bits per heavy atom. The fourth-order valence-electron chi connectivity index (χ4n) is 4.66. The van der Waals surface area contributed by atoms with E-state index in [0.717, 1.165) is 18.4 Å². The van der Waals surface area contributed by atoms with Crippen LogP contribution in [0.5, 0.6) is 0 Å². The van der Waals surface area contributed by atoms with Crippen molar-refractivity contribution in [1.29, 1.82) is 0 Å². The summed E-state index contributed by atoms with van der Waals surface area (Å²) in [5, 5.41) is 6.14. The topological polar surface area (TPSA) is 83.4 Å². The molecule has 0 bridgehead atoms. The van der Waals surface area contributed by atoms with Crippen molar-refractivity contribution in [2.45, 2.75) is 63.6 Å². The van der Waals surface area contributed by atoms with Gasteiger partial charge in [-0.3, -0.25) is 9.59 Å². The molecule has 1 aliphatic carbocycles. The largest absolute Gasteiger partial charge is 0.338 e. The van der Waals surface area contributed by atoms with Crippen LogP contribution in [-0.4, -0.2) is 46.6 Å². The van der Waals surface area contributed by atoms with E-state index in [9.17, 15) is 14.4 Å².